The molecule has 0 spiro atoms. The van der Waals surface area contributed by atoms with Gasteiger partial charge in [0.05, 0.1) is 5.25 Å². The maximum absolute atomic E-state index is 11.7. The van der Waals surface area contributed by atoms with Crippen molar-refractivity contribution in [3.63, 3.8) is 0 Å². The second kappa shape index (κ2) is 5.91. The molecule has 0 bridgehead atoms. The fourth-order valence-corrected chi connectivity index (χ4v) is 4.95. The standard InChI is InChI=1S/C14H27NO2S/c1-3-15-10-12-7-8-14(12)11-5-4-6-13(9-11)18(2,16)17/h11-15H,3-10H2,1-2H3. The van der Waals surface area contributed by atoms with Gasteiger partial charge in [-0.1, -0.05) is 19.8 Å². The largest absolute Gasteiger partial charge is 0.317 e. The highest BCUT2D eigenvalue weighted by molar-refractivity contribution is 7.91. The molecule has 0 aromatic carbocycles. The van der Waals surface area contributed by atoms with Crippen LogP contribution >= 0.6 is 0 Å². The molecule has 2 aliphatic carbocycles. The lowest BCUT2D eigenvalue weighted by molar-refractivity contribution is 0.0799. The van der Waals surface area contributed by atoms with Gasteiger partial charge < -0.3 is 5.32 Å². The lowest BCUT2D eigenvalue weighted by Gasteiger charge is -2.45. The predicted molar refractivity (Wildman–Crippen MR) is 75.3 cm³/mol. The summed E-state index contributed by atoms with van der Waals surface area (Å²) in [5.41, 5.74) is 0. The molecule has 4 atom stereocenters. The van der Waals surface area contributed by atoms with Gasteiger partial charge in [0.25, 0.3) is 0 Å². The zero-order valence-electron chi connectivity index (χ0n) is 11.7. The Bertz CT molecular complexity index is 366. The first-order chi connectivity index (χ1) is 8.52. The second-order valence-electron chi connectivity index (χ2n) is 6.19. The molecule has 0 radical (unpaired) electrons. The Morgan fingerprint density at radius 3 is 2.50 bits per heavy atom. The summed E-state index contributed by atoms with van der Waals surface area (Å²) in [7, 11) is -2.83. The van der Waals surface area contributed by atoms with Crippen LogP contribution in [0.1, 0.15) is 45.4 Å². The first kappa shape index (κ1) is 14.3. The summed E-state index contributed by atoms with van der Waals surface area (Å²) in [5.74, 6) is 2.25. The molecule has 0 amide bonds. The molecule has 4 heteroatoms. The third kappa shape index (κ3) is 3.27. The molecule has 2 saturated carbocycles. The number of rotatable bonds is 5. The van der Waals surface area contributed by atoms with Crippen molar-refractivity contribution in [3.05, 3.63) is 0 Å². The molecule has 2 aliphatic rings. The third-order valence-electron chi connectivity index (χ3n) is 5.01. The SMILES string of the molecule is CCNCC1CCC1C1CCCC(S(C)(=O)=O)C1. The molecule has 1 N–H and O–H groups in total. The monoisotopic (exact) mass is 273 g/mol. The minimum Gasteiger partial charge on any atom is -0.317 e. The van der Waals surface area contributed by atoms with E-state index < -0.39 is 9.84 Å². The number of nitrogens with one attached hydrogen (secondary N) is 1. The number of sulfone groups is 1. The van der Waals surface area contributed by atoms with Gasteiger partial charge in [-0.2, -0.15) is 0 Å². The minimum atomic E-state index is -2.83. The summed E-state index contributed by atoms with van der Waals surface area (Å²) >= 11 is 0. The quantitative estimate of drug-likeness (QED) is 0.835. The average Bonchev–Trinajstić information content (AvgIpc) is 2.27. The summed E-state index contributed by atoms with van der Waals surface area (Å²) in [4.78, 5) is 0. The van der Waals surface area contributed by atoms with Crippen molar-refractivity contribution < 1.29 is 8.42 Å². The Labute approximate surface area is 112 Å². The molecule has 0 aliphatic heterocycles. The van der Waals surface area contributed by atoms with Crippen LogP contribution in [0.15, 0.2) is 0 Å². The number of hydrogen-bond acceptors (Lipinski definition) is 3. The molecule has 4 unspecified atom stereocenters. The predicted octanol–water partition coefficient (Wildman–Crippen LogP) is 2.23. The Morgan fingerprint density at radius 1 is 1.17 bits per heavy atom. The lowest BCUT2D eigenvalue weighted by Crippen LogP contribution is -2.42. The average molecular weight is 273 g/mol. The van der Waals surface area contributed by atoms with Crippen LogP contribution in [-0.4, -0.2) is 33.0 Å². The van der Waals surface area contributed by atoms with Gasteiger partial charge in [-0.15, -0.1) is 0 Å². The lowest BCUT2D eigenvalue weighted by atomic mass is 9.63. The zero-order chi connectivity index (χ0) is 13.2. The number of hydrogen-bond donors (Lipinski definition) is 1. The molecule has 106 valence electrons. The summed E-state index contributed by atoms with van der Waals surface area (Å²) in [6, 6.07) is 0. The normalized spacial score (nSPS) is 37.2. The van der Waals surface area contributed by atoms with Crippen molar-refractivity contribution >= 4 is 9.84 Å². The fraction of sp³-hybridized carbons (Fsp3) is 1.00. The van der Waals surface area contributed by atoms with E-state index in [0.29, 0.717) is 5.92 Å². The van der Waals surface area contributed by atoms with Crippen molar-refractivity contribution in [2.45, 2.75) is 50.7 Å². The van der Waals surface area contributed by atoms with E-state index in [4.69, 9.17) is 0 Å². The van der Waals surface area contributed by atoms with Crippen LogP contribution in [0.3, 0.4) is 0 Å². The molecule has 0 heterocycles. The van der Waals surface area contributed by atoms with E-state index in [9.17, 15) is 8.42 Å². The highest BCUT2D eigenvalue weighted by Crippen LogP contribution is 2.45. The fourth-order valence-electron chi connectivity index (χ4n) is 3.76. The van der Waals surface area contributed by atoms with Crippen molar-refractivity contribution in [1.82, 2.24) is 5.32 Å². The van der Waals surface area contributed by atoms with E-state index in [1.165, 1.54) is 25.5 Å². The maximum atomic E-state index is 11.7. The van der Waals surface area contributed by atoms with Crippen LogP contribution in [0.5, 0.6) is 0 Å². The summed E-state index contributed by atoms with van der Waals surface area (Å²) in [6.45, 7) is 4.31. The topological polar surface area (TPSA) is 46.2 Å². The summed E-state index contributed by atoms with van der Waals surface area (Å²) in [5, 5.41) is 3.38. The van der Waals surface area contributed by atoms with Crippen molar-refractivity contribution in [2.75, 3.05) is 19.3 Å². The first-order valence-electron chi connectivity index (χ1n) is 7.42. The molecule has 0 saturated heterocycles. The van der Waals surface area contributed by atoms with Crippen LogP contribution in [-0.2, 0) is 9.84 Å². The first-order valence-corrected chi connectivity index (χ1v) is 9.37. The van der Waals surface area contributed by atoms with Gasteiger partial charge in [-0.25, -0.2) is 8.42 Å². The van der Waals surface area contributed by atoms with Crippen LogP contribution in [0, 0.1) is 17.8 Å². The van der Waals surface area contributed by atoms with Crippen LogP contribution < -0.4 is 5.32 Å². The molecular weight excluding hydrogens is 246 g/mol. The molecular formula is C14H27NO2S. The van der Waals surface area contributed by atoms with E-state index in [1.54, 1.807) is 0 Å². The molecule has 2 rings (SSSR count). The molecule has 3 nitrogen and oxygen atoms in total. The van der Waals surface area contributed by atoms with Crippen molar-refractivity contribution in [3.8, 4) is 0 Å². The van der Waals surface area contributed by atoms with E-state index in [0.717, 1.165) is 44.2 Å². The molecule has 2 fully saturated rings. The van der Waals surface area contributed by atoms with Gasteiger partial charge in [0.1, 0.15) is 9.84 Å². The Hall–Kier alpha value is -0.0900. The molecule has 0 aromatic heterocycles. The van der Waals surface area contributed by atoms with Gasteiger partial charge in [0.15, 0.2) is 0 Å². The minimum absolute atomic E-state index is 0.0587. The van der Waals surface area contributed by atoms with Crippen molar-refractivity contribution in [1.29, 1.82) is 0 Å². The Morgan fingerprint density at radius 2 is 1.94 bits per heavy atom. The van der Waals surface area contributed by atoms with Gasteiger partial charge in [-0.3, -0.25) is 0 Å². The zero-order valence-corrected chi connectivity index (χ0v) is 12.5. The third-order valence-corrected chi connectivity index (χ3v) is 6.65. The summed E-state index contributed by atoms with van der Waals surface area (Å²) < 4.78 is 23.4. The van der Waals surface area contributed by atoms with Crippen LogP contribution in [0.2, 0.25) is 0 Å². The highest BCUT2D eigenvalue weighted by atomic mass is 32.2. The van der Waals surface area contributed by atoms with E-state index in [1.807, 2.05) is 0 Å². The van der Waals surface area contributed by atoms with E-state index in [-0.39, 0.29) is 5.25 Å². The Kier molecular flexibility index (Phi) is 4.70. The molecule has 0 aromatic rings. The van der Waals surface area contributed by atoms with Gasteiger partial charge >= 0.3 is 0 Å². The van der Waals surface area contributed by atoms with Crippen LogP contribution in [0.4, 0.5) is 0 Å². The van der Waals surface area contributed by atoms with E-state index >= 15 is 0 Å². The smallest absolute Gasteiger partial charge is 0.150 e. The molecule has 18 heavy (non-hydrogen) atoms. The Balaban J connectivity index is 1.89. The second-order valence-corrected chi connectivity index (χ2v) is 8.51. The maximum Gasteiger partial charge on any atom is 0.150 e. The van der Waals surface area contributed by atoms with E-state index in [2.05, 4.69) is 12.2 Å². The van der Waals surface area contributed by atoms with Gasteiger partial charge in [0, 0.05) is 6.26 Å². The van der Waals surface area contributed by atoms with Crippen LogP contribution in [0.25, 0.3) is 0 Å². The highest BCUT2D eigenvalue weighted by Gasteiger charge is 2.40. The van der Waals surface area contributed by atoms with Crippen molar-refractivity contribution in [2.24, 2.45) is 17.8 Å². The van der Waals surface area contributed by atoms with Gasteiger partial charge in [0.2, 0.25) is 0 Å². The summed E-state index contributed by atoms with van der Waals surface area (Å²) in [6.07, 6.45) is 8.23. The van der Waals surface area contributed by atoms with Gasteiger partial charge in [-0.05, 0) is 56.5 Å².